The van der Waals surface area contributed by atoms with E-state index in [1.807, 2.05) is 38.2 Å². The summed E-state index contributed by atoms with van der Waals surface area (Å²) in [7, 11) is 3.93. The first-order chi connectivity index (χ1) is 8.97. The largest absolute Gasteiger partial charge is 0.298 e. The third-order valence-corrected chi connectivity index (χ3v) is 3.79. The monoisotopic (exact) mass is 297 g/mol. The lowest BCUT2D eigenvalue weighted by atomic mass is 10.2. The minimum atomic E-state index is 0.709. The minimum absolute atomic E-state index is 0.709. The van der Waals surface area contributed by atoms with E-state index in [0.717, 1.165) is 29.4 Å². The van der Waals surface area contributed by atoms with Crippen LogP contribution in [0, 0.1) is 6.92 Å². The summed E-state index contributed by atoms with van der Waals surface area (Å²) < 4.78 is 1.71. The van der Waals surface area contributed by atoms with Gasteiger partial charge in [-0.3, -0.25) is 9.58 Å². The average Bonchev–Trinajstić information content (AvgIpc) is 2.59. The number of halogens is 2. The lowest BCUT2D eigenvalue weighted by Crippen LogP contribution is -2.17. The molecular weight excluding hydrogens is 281 g/mol. The van der Waals surface area contributed by atoms with Crippen molar-refractivity contribution in [2.45, 2.75) is 20.0 Å². The molecule has 1 aromatic carbocycles. The maximum absolute atomic E-state index is 6.24. The smallest absolute Gasteiger partial charge is 0.131 e. The second kappa shape index (κ2) is 5.95. The maximum Gasteiger partial charge on any atom is 0.131 e. The zero-order valence-electron chi connectivity index (χ0n) is 11.3. The third-order valence-electron chi connectivity index (χ3n) is 3.06. The normalized spacial score (nSPS) is 11.3. The Morgan fingerprint density at radius 1 is 1.16 bits per heavy atom. The van der Waals surface area contributed by atoms with E-state index in [9.17, 15) is 0 Å². The topological polar surface area (TPSA) is 21.1 Å². The van der Waals surface area contributed by atoms with Gasteiger partial charge in [-0.1, -0.05) is 35.3 Å². The van der Waals surface area contributed by atoms with Crippen molar-refractivity contribution in [1.29, 1.82) is 0 Å². The molecule has 0 fully saturated rings. The molecule has 0 atom stereocenters. The first-order valence-corrected chi connectivity index (χ1v) is 6.84. The molecule has 0 saturated heterocycles. The van der Waals surface area contributed by atoms with Crippen molar-refractivity contribution in [1.82, 2.24) is 14.7 Å². The number of hydrogen-bond acceptors (Lipinski definition) is 2. The molecule has 3 nitrogen and oxygen atoms in total. The highest BCUT2D eigenvalue weighted by Crippen LogP contribution is 2.21. The van der Waals surface area contributed by atoms with Gasteiger partial charge < -0.3 is 0 Å². The van der Waals surface area contributed by atoms with Crippen LogP contribution in [0.15, 0.2) is 24.3 Å². The highest BCUT2D eigenvalue weighted by molar-refractivity contribution is 6.30. The summed E-state index contributed by atoms with van der Waals surface area (Å²) in [6.07, 6.45) is 0. The highest BCUT2D eigenvalue weighted by atomic mass is 35.5. The van der Waals surface area contributed by atoms with Gasteiger partial charge in [-0.25, -0.2) is 0 Å². The fraction of sp³-hybridized carbons (Fsp3) is 0.357. The summed E-state index contributed by atoms with van der Waals surface area (Å²) in [6, 6.07) is 7.90. The molecule has 0 saturated carbocycles. The predicted molar refractivity (Wildman–Crippen MR) is 79.6 cm³/mol. The molecule has 0 amide bonds. The SMILES string of the molecule is Cc1nn(C)c(Cl)c1CN(C)Cc1ccc(Cl)cc1. The van der Waals surface area contributed by atoms with Gasteiger partial charge in [0.15, 0.2) is 0 Å². The van der Waals surface area contributed by atoms with Gasteiger partial charge >= 0.3 is 0 Å². The van der Waals surface area contributed by atoms with Crippen LogP contribution < -0.4 is 0 Å². The van der Waals surface area contributed by atoms with Gasteiger partial charge in [-0.15, -0.1) is 0 Å². The first-order valence-electron chi connectivity index (χ1n) is 6.08. The Balaban J connectivity index is 2.05. The van der Waals surface area contributed by atoms with Crippen LogP contribution in [-0.4, -0.2) is 21.7 Å². The first kappa shape index (κ1) is 14.4. The molecule has 0 radical (unpaired) electrons. The van der Waals surface area contributed by atoms with Gasteiger partial charge in [-0.05, 0) is 31.7 Å². The Bertz CT molecular complexity index is 561. The maximum atomic E-state index is 6.24. The zero-order chi connectivity index (χ0) is 14.0. The second-order valence-corrected chi connectivity index (χ2v) is 5.57. The molecule has 1 aromatic heterocycles. The number of aryl methyl sites for hydroxylation is 2. The predicted octanol–water partition coefficient (Wildman–Crippen LogP) is 3.67. The minimum Gasteiger partial charge on any atom is -0.298 e. The van der Waals surface area contributed by atoms with Crippen LogP contribution in [-0.2, 0) is 20.1 Å². The molecule has 0 N–H and O–H groups in total. The highest BCUT2D eigenvalue weighted by Gasteiger charge is 2.13. The Kier molecular flexibility index (Phi) is 4.50. The standard InChI is InChI=1S/C14H17Cl2N3/c1-10-13(14(16)19(3)17-10)9-18(2)8-11-4-6-12(15)7-5-11/h4-7H,8-9H2,1-3H3. The van der Waals surface area contributed by atoms with Crippen LogP contribution in [0.1, 0.15) is 16.8 Å². The van der Waals surface area contributed by atoms with Crippen LogP contribution in [0.4, 0.5) is 0 Å². The van der Waals surface area contributed by atoms with Crippen molar-refractivity contribution in [3.05, 3.63) is 51.3 Å². The van der Waals surface area contributed by atoms with Crippen molar-refractivity contribution >= 4 is 23.2 Å². The van der Waals surface area contributed by atoms with Gasteiger partial charge in [0.2, 0.25) is 0 Å². The van der Waals surface area contributed by atoms with E-state index >= 15 is 0 Å². The van der Waals surface area contributed by atoms with E-state index in [4.69, 9.17) is 23.2 Å². The van der Waals surface area contributed by atoms with E-state index in [1.165, 1.54) is 5.56 Å². The molecule has 0 spiro atoms. The zero-order valence-corrected chi connectivity index (χ0v) is 12.8. The van der Waals surface area contributed by atoms with E-state index in [1.54, 1.807) is 4.68 Å². The summed E-state index contributed by atoms with van der Waals surface area (Å²) in [4.78, 5) is 2.21. The van der Waals surface area contributed by atoms with Crippen LogP contribution in [0.25, 0.3) is 0 Å². The Labute approximate surface area is 123 Å². The fourth-order valence-corrected chi connectivity index (χ4v) is 2.44. The number of aromatic nitrogens is 2. The third kappa shape index (κ3) is 3.50. The van der Waals surface area contributed by atoms with Crippen molar-refractivity contribution in [3.63, 3.8) is 0 Å². The van der Waals surface area contributed by atoms with Gasteiger partial charge in [0.25, 0.3) is 0 Å². The van der Waals surface area contributed by atoms with Gasteiger partial charge in [0.1, 0.15) is 5.15 Å². The summed E-state index contributed by atoms with van der Waals surface area (Å²) in [5.74, 6) is 0. The van der Waals surface area contributed by atoms with Crippen molar-refractivity contribution < 1.29 is 0 Å². The summed E-state index contributed by atoms with van der Waals surface area (Å²) in [6.45, 7) is 3.61. The molecule has 0 bridgehead atoms. The average molecular weight is 298 g/mol. The molecule has 0 aliphatic carbocycles. The molecule has 0 aliphatic rings. The molecule has 19 heavy (non-hydrogen) atoms. The Morgan fingerprint density at radius 2 is 1.79 bits per heavy atom. The molecule has 5 heteroatoms. The summed E-state index contributed by atoms with van der Waals surface area (Å²) in [5.41, 5.74) is 3.29. The number of nitrogens with zero attached hydrogens (tertiary/aromatic N) is 3. The van der Waals surface area contributed by atoms with Crippen LogP contribution in [0.5, 0.6) is 0 Å². The Morgan fingerprint density at radius 3 is 2.32 bits per heavy atom. The molecule has 0 unspecified atom stereocenters. The molecule has 1 heterocycles. The second-order valence-electron chi connectivity index (χ2n) is 4.78. The van der Waals surface area contributed by atoms with Crippen LogP contribution in [0.3, 0.4) is 0 Å². The lowest BCUT2D eigenvalue weighted by molar-refractivity contribution is 0.318. The fourth-order valence-electron chi connectivity index (χ4n) is 2.08. The summed E-state index contributed by atoms with van der Waals surface area (Å²) in [5, 5.41) is 5.79. The number of hydrogen-bond donors (Lipinski definition) is 0. The molecular formula is C14H17Cl2N3. The number of rotatable bonds is 4. The van der Waals surface area contributed by atoms with E-state index < -0.39 is 0 Å². The van der Waals surface area contributed by atoms with E-state index in [-0.39, 0.29) is 0 Å². The van der Waals surface area contributed by atoms with Crippen LogP contribution in [0.2, 0.25) is 10.2 Å². The van der Waals surface area contributed by atoms with Gasteiger partial charge in [0.05, 0.1) is 5.69 Å². The van der Waals surface area contributed by atoms with Gasteiger partial charge in [-0.2, -0.15) is 5.10 Å². The van der Waals surface area contributed by atoms with Crippen molar-refractivity contribution in [2.75, 3.05) is 7.05 Å². The van der Waals surface area contributed by atoms with E-state index in [2.05, 4.69) is 17.0 Å². The Hall–Kier alpha value is -1.03. The molecule has 2 aromatic rings. The van der Waals surface area contributed by atoms with Gasteiger partial charge in [0, 0.05) is 30.7 Å². The van der Waals surface area contributed by atoms with Crippen molar-refractivity contribution in [2.24, 2.45) is 7.05 Å². The quantitative estimate of drug-likeness (QED) is 0.859. The van der Waals surface area contributed by atoms with E-state index in [0.29, 0.717) is 5.15 Å². The number of benzene rings is 1. The van der Waals surface area contributed by atoms with Crippen molar-refractivity contribution in [3.8, 4) is 0 Å². The summed E-state index contributed by atoms with van der Waals surface area (Å²) >= 11 is 12.1. The molecule has 2 rings (SSSR count). The lowest BCUT2D eigenvalue weighted by Gasteiger charge is -2.16. The molecule has 102 valence electrons. The van der Waals surface area contributed by atoms with Crippen LogP contribution >= 0.6 is 23.2 Å². The molecule has 0 aliphatic heterocycles.